The molecule has 2 aromatic carbocycles. The molecule has 1 aliphatic rings. The Bertz CT molecular complexity index is 1060. The number of rotatable bonds is 7. The smallest absolute Gasteiger partial charge is 0.253 e. The van der Waals surface area contributed by atoms with Crippen molar-refractivity contribution in [1.82, 2.24) is 10.2 Å². The number of aromatic hydroxyl groups is 1. The molecule has 0 radical (unpaired) electrons. The molecule has 32 heavy (non-hydrogen) atoms. The van der Waals surface area contributed by atoms with Crippen molar-refractivity contribution in [1.29, 1.82) is 0 Å². The zero-order valence-electron chi connectivity index (χ0n) is 17.7. The topological polar surface area (TPSA) is 98.0 Å². The Morgan fingerprint density at radius 1 is 0.938 bits per heavy atom. The maximum atomic E-state index is 12.7. The van der Waals surface area contributed by atoms with Crippen molar-refractivity contribution in [3.63, 3.8) is 0 Å². The minimum Gasteiger partial charge on any atom is -0.506 e. The van der Waals surface area contributed by atoms with Crippen LogP contribution in [-0.4, -0.2) is 54.5 Å². The first-order valence-electron chi connectivity index (χ1n) is 10.5. The summed E-state index contributed by atoms with van der Waals surface area (Å²) >= 11 is 0. The quantitative estimate of drug-likeness (QED) is 0.529. The third kappa shape index (κ3) is 5.28. The van der Waals surface area contributed by atoms with E-state index in [1.54, 1.807) is 54.8 Å². The number of amides is 2. The number of para-hydroxylation sites is 3. The van der Waals surface area contributed by atoms with E-state index in [1.807, 2.05) is 12.1 Å². The van der Waals surface area contributed by atoms with Crippen molar-refractivity contribution in [3.05, 3.63) is 78.3 Å². The lowest BCUT2D eigenvalue weighted by Crippen LogP contribution is -2.48. The van der Waals surface area contributed by atoms with Gasteiger partial charge < -0.3 is 25.1 Å². The summed E-state index contributed by atoms with van der Waals surface area (Å²) in [7, 11) is 0. The Hall–Kier alpha value is -3.78. The van der Waals surface area contributed by atoms with Crippen molar-refractivity contribution >= 4 is 23.2 Å². The van der Waals surface area contributed by atoms with Crippen molar-refractivity contribution in [2.24, 2.45) is 0 Å². The van der Waals surface area contributed by atoms with Crippen LogP contribution in [0.5, 0.6) is 5.75 Å². The summed E-state index contributed by atoms with van der Waals surface area (Å²) < 4.78 is 5.23. The highest BCUT2D eigenvalue weighted by atomic mass is 16.3. The summed E-state index contributed by atoms with van der Waals surface area (Å²) in [6.45, 7) is 3.35. The van der Waals surface area contributed by atoms with Crippen molar-refractivity contribution in [2.75, 3.05) is 42.9 Å². The summed E-state index contributed by atoms with van der Waals surface area (Å²) in [5.41, 5.74) is 1.69. The number of nitrogens with zero attached hydrogens (tertiary/aromatic N) is 2. The van der Waals surface area contributed by atoms with E-state index < -0.39 is 0 Å². The molecule has 166 valence electrons. The van der Waals surface area contributed by atoms with E-state index in [2.05, 4.69) is 20.4 Å². The Labute approximate surface area is 186 Å². The van der Waals surface area contributed by atoms with Gasteiger partial charge in [-0.05, 0) is 36.4 Å². The molecule has 0 bridgehead atoms. The van der Waals surface area contributed by atoms with Crippen LogP contribution in [0, 0.1) is 0 Å². The first kappa shape index (κ1) is 21.5. The number of carbonyl (C=O) groups is 2. The molecule has 0 aliphatic carbocycles. The second-order valence-electron chi connectivity index (χ2n) is 7.61. The van der Waals surface area contributed by atoms with Crippen LogP contribution in [0.1, 0.15) is 16.1 Å². The number of phenols is 1. The van der Waals surface area contributed by atoms with Crippen LogP contribution in [0.2, 0.25) is 0 Å². The van der Waals surface area contributed by atoms with Crippen LogP contribution in [0.4, 0.5) is 11.4 Å². The maximum absolute atomic E-state index is 12.7. The zero-order chi connectivity index (χ0) is 22.3. The number of carbonyl (C=O) groups excluding carboxylic acids is 2. The average Bonchev–Trinajstić information content (AvgIpc) is 3.32. The average molecular weight is 434 g/mol. The van der Waals surface area contributed by atoms with Crippen LogP contribution in [0.3, 0.4) is 0 Å². The highest BCUT2D eigenvalue weighted by Gasteiger charge is 2.21. The molecule has 8 heteroatoms. The van der Waals surface area contributed by atoms with E-state index in [1.165, 1.54) is 0 Å². The second-order valence-corrected chi connectivity index (χ2v) is 7.61. The summed E-state index contributed by atoms with van der Waals surface area (Å²) in [5, 5.41) is 15.7. The van der Waals surface area contributed by atoms with Gasteiger partial charge in [-0.2, -0.15) is 0 Å². The highest BCUT2D eigenvalue weighted by molar-refractivity contribution is 6.04. The van der Waals surface area contributed by atoms with Gasteiger partial charge in [0.1, 0.15) is 11.5 Å². The van der Waals surface area contributed by atoms with Crippen LogP contribution < -0.4 is 15.5 Å². The van der Waals surface area contributed by atoms with Crippen LogP contribution in [0.25, 0.3) is 0 Å². The van der Waals surface area contributed by atoms with Crippen molar-refractivity contribution < 1.29 is 19.1 Å². The highest BCUT2D eigenvalue weighted by Crippen LogP contribution is 2.27. The molecular formula is C24H26N4O4. The fraction of sp³-hybridized carbons (Fsp3) is 0.250. The Kier molecular flexibility index (Phi) is 6.72. The standard InChI is InChI=1S/C24H26N4O4/c29-22-10-4-3-9-21(22)28-13-11-27(12-14-28)17-23(30)26-20-8-2-1-7-19(20)24(31)25-16-18-6-5-15-32-18/h1-10,15,29H,11-14,16-17H2,(H,25,31)(H,26,30). The molecule has 0 spiro atoms. The monoisotopic (exact) mass is 434 g/mol. The summed E-state index contributed by atoms with van der Waals surface area (Å²) in [5.74, 6) is 0.462. The van der Waals surface area contributed by atoms with Gasteiger partial charge in [0.25, 0.3) is 5.91 Å². The van der Waals surface area contributed by atoms with Gasteiger partial charge >= 0.3 is 0 Å². The fourth-order valence-corrected chi connectivity index (χ4v) is 3.74. The molecule has 0 atom stereocenters. The van der Waals surface area contributed by atoms with Gasteiger partial charge in [0.2, 0.25) is 5.91 Å². The molecule has 1 aromatic heterocycles. The van der Waals surface area contributed by atoms with E-state index in [9.17, 15) is 14.7 Å². The van der Waals surface area contributed by atoms with Crippen LogP contribution in [-0.2, 0) is 11.3 Å². The number of piperazine rings is 1. The Morgan fingerprint density at radius 3 is 2.44 bits per heavy atom. The van der Waals surface area contributed by atoms with Gasteiger partial charge in [-0.1, -0.05) is 24.3 Å². The molecule has 2 amide bonds. The van der Waals surface area contributed by atoms with Gasteiger partial charge in [0.15, 0.2) is 0 Å². The number of phenolic OH excluding ortho intramolecular Hbond substituents is 1. The second kappa shape index (κ2) is 10.0. The molecule has 2 heterocycles. The predicted octanol–water partition coefficient (Wildman–Crippen LogP) is 2.68. The van der Waals surface area contributed by atoms with E-state index >= 15 is 0 Å². The van der Waals surface area contributed by atoms with Crippen LogP contribution >= 0.6 is 0 Å². The molecule has 1 aliphatic heterocycles. The zero-order valence-corrected chi connectivity index (χ0v) is 17.7. The minimum absolute atomic E-state index is 0.174. The number of benzene rings is 2. The normalized spacial score (nSPS) is 14.2. The largest absolute Gasteiger partial charge is 0.506 e. The first-order chi connectivity index (χ1) is 15.6. The number of hydrogen-bond acceptors (Lipinski definition) is 6. The van der Waals surface area contributed by atoms with E-state index in [0.29, 0.717) is 30.1 Å². The summed E-state index contributed by atoms with van der Waals surface area (Å²) in [4.78, 5) is 29.4. The molecule has 1 saturated heterocycles. The number of anilines is 2. The van der Waals surface area contributed by atoms with Crippen molar-refractivity contribution in [2.45, 2.75) is 6.54 Å². The maximum Gasteiger partial charge on any atom is 0.253 e. The lowest BCUT2D eigenvalue weighted by atomic mass is 10.1. The molecule has 3 N–H and O–H groups in total. The molecule has 3 aromatic rings. The molecule has 0 saturated carbocycles. The summed E-state index contributed by atoms with van der Waals surface area (Å²) in [6.07, 6.45) is 1.55. The Morgan fingerprint density at radius 2 is 1.69 bits per heavy atom. The third-order valence-corrected chi connectivity index (χ3v) is 5.41. The van der Waals surface area contributed by atoms with E-state index in [-0.39, 0.29) is 30.7 Å². The molecule has 1 fully saturated rings. The molecule has 4 rings (SSSR count). The predicted molar refractivity (Wildman–Crippen MR) is 122 cm³/mol. The van der Waals surface area contributed by atoms with Gasteiger partial charge in [-0.15, -0.1) is 0 Å². The number of furan rings is 1. The minimum atomic E-state index is -0.284. The van der Waals surface area contributed by atoms with Gasteiger partial charge in [-0.3, -0.25) is 14.5 Å². The SMILES string of the molecule is O=C(CN1CCN(c2ccccc2O)CC1)Nc1ccccc1C(=O)NCc1ccco1. The molecule has 0 unspecified atom stereocenters. The van der Waals surface area contributed by atoms with Crippen molar-refractivity contribution in [3.8, 4) is 5.75 Å². The summed E-state index contributed by atoms with van der Waals surface area (Å²) in [6, 6.07) is 17.8. The van der Waals surface area contributed by atoms with E-state index in [4.69, 9.17) is 4.42 Å². The van der Waals surface area contributed by atoms with Crippen LogP contribution in [0.15, 0.2) is 71.3 Å². The van der Waals surface area contributed by atoms with Gasteiger partial charge in [0.05, 0.1) is 36.3 Å². The first-order valence-corrected chi connectivity index (χ1v) is 10.5. The number of nitrogens with one attached hydrogen (secondary N) is 2. The number of hydrogen-bond donors (Lipinski definition) is 3. The van der Waals surface area contributed by atoms with Gasteiger partial charge in [-0.25, -0.2) is 0 Å². The third-order valence-electron chi connectivity index (χ3n) is 5.41. The van der Waals surface area contributed by atoms with E-state index in [0.717, 1.165) is 18.8 Å². The lowest BCUT2D eigenvalue weighted by Gasteiger charge is -2.35. The molecule has 8 nitrogen and oxygen atoms in total. The fourth-order valence-electron chi connectivity index (χ4n) is 3.74. The van der Waals surface area contributed by atoms with Gasteiger partial charge in [0, 0.05) is 26.2 Å². The molecular weight excluding hydrogens is 408 g/mol. The Balaban J connectivity index is 1.30. The lowest BCUT2D eigenvalue weighted by molar-refractivity contribution is -0.117.